The first kappa shape index (κ1) is 16.3. The van der Waals surface area contributed by atoms with Crippen molar-refractivity contribution in [3.05, 3.63) is 0 Å². The van der Waals surface area contributed by atoms with Gasteiger partial charge >= 0.3 is 0 Å². The second-order valence-electron chi connectivity index (χ2n) is 4.04. The summed E-state index contributed by atoms with van der Waals surface area (Å²) < 4.78 is 16.0. The van der Waals surface area contributed by atoms with Crippen molar-refractivity contribution >= 4 is 16.8 Å². The van der Waals surface area contributed by atoms with Crippen LogP contribution in [0.5, 0.6) is 0 Å². The number of nitrogens with two attached hydrogens (primary N) is 1. The molecule has 7 heteroatoms. The summed E-state index contributed by atoms with van der Waals surface area (Å²) in [7, 11) is 0.865. The molecule has 0 heterocycles. The second kappa shape index (κ2) is 9.38. The van der Waals surface area contributed by atoms with Gasteiger partial charge in [-0.3, -0.25) is 9.63 Å². The number of rotatable bonds is 7. The van der Waals surface area contributed by atoms with E-state index in [1.165, 1.54) is 0 Å². The van der Waals surface area contributed by atoms with Gasteiger partial charge in [-0.2, -0.15) is 0 Å². The van der Waals surface area contributed by atoms with Crippen molar-refractivity contribution in [2.75, 3.05) is 25.7 Å². The first-order valence-corrected chi connectivity index (χ1v) is 7.32. The monoisotopic (exact) mass is 264 g/mol. The minimum absolute atomic E-state index is 0.0761. The fourth-order valence-corrected chi connectivity index (χ4v) is 1.94. The van der Waals surface area contributed by atoms with Crippen LogP contribution in [-0.4, -0.2) is 48.0 Å². The van der Waals surface area contributed by atoms with Crippen LogP contribution in [0.1, 0.15) is 20.3 Å². The highest BCUT2D eigenvalue weighted by atomic mass is 32.2. The maximum absolute atomic E-state index is 11.0. The SMILES string of the molecule is COCC(C)NC(=NC(C)CCS(C)=O)NN. The molecule has 0 amide bonds. The average Bonchev–Trinajstić information content (AvgIpc) is 2.25. The lowest BCUT2D eigenvalue weighted by atomic mass is 10.3. The lowest BCUT2D eigenvalue weighted by Gasteiger charge is -2.17. The van der Waals surface area contributed by atoms with E-state index in [4.69, 9.17) is 10.6 Å². The predicted octanol–water partition coefficient (Wildman–Crippen LogP) is -0.413. The molecule has 0 rings (SSSR count). The van der Waals surface area contributed by atoms with E-state index in [9.17, 15) is 4.21 Å². The molecule has 0 aromatic carbocycles. The number of guanidine groups is 1. The molecule has 0 radical (unpaired) electrons. The van der Waals surface area contributed by atoms with E-state index in [0.29, 0.717) is 18.3 Å². The van der Waals surface area contributed by atoms with Crippen molar-refractivity contribution in [1.82, 2.24) is 10.7 Å². The third-order valence-corrected chi connectivity index (χ3v) is 2.92. The van der Waals surface area contributed by atoms with Gasteiger partial charge in [0.15, 0.2) is 0 Å². The Morgan fingerprint density at radius 2 is 2.18 bits per heavy atom. The number of nitrogens with zero attached hydrogens (tertiary/aromatic N) is 1. The molecule has 0 aromatic heterocycles. The molecule has 3 atom stereocenters. The molecular formula is C10H24N4O2S. The Bertz CT molecular complexity index is 261. The first-order chi connectivity index (χ1) is 7.99. The largest absolute Gasteiger partial charge is 0.383 e. The van der Waals surface area contributed by atoms with E-state index in [1.54, 1.807) is 13.4 Å². The third-order valence-electron chi connectivity index (χ3n) is 2.11. The van der Waals surface area contributed by atoms with Gasteiger partial charge in [0.05, 0.1) is 12.6 Å². The molecule has 0 aliphatic heterocycles. The molecule has 0 saturated heterocycles. The molecule has 6 nitrogen and oxygen atoms in total. The number of aliphatic imine (C=N–C) groups is 1. The number of nitrogens with one attached hydrogen (secondary N) is 2. The highest BCUT2D eigenvalue weighted by Crippen LogP contribution is 1.98. The minimum atomic E-state index is -0.778. The van der Waals surface area contributed by atoms with Gasteiger partial charge in [-0.15, -0.1) is 0 Å². The lowest BCUT2D eigenvalue weighted by Crippen LogP contribution is -2.47. The zero-order valence-corrected chi connectivity index (χ0v) is 11.8. The van der Waals surface area contributed by atoms with Gasteiger partial charge in [0.1, 0.15) is 0 Å². The highest BCUT2D eigenvalue weighted by Gasteiger charge is 2.07. The summed E-state index contributed by atoms with van der Waals surface area (Å²) in [4.78, 5) is 4.37. The maximum atomic E-state index is 11.0. The fourth-order valence-electron chi connectivity index (χ4n) is 1.26. The highest BCUT2D eigenvalue weighted by molar-refractivity contribution is 7.84. The summed E-state index contributed by atoms with van der Waals surface area (Å²) in [5, 5.41) is 3.10. The summed E-state index contributed by atoms with van der Waals surface area (Å²) in [6, 6.07) is 0.203. The fraction of sp³-hybridized carbons (Fsp3) is 0.900. The third kappa shape index (κ3) is 9.08. The van der Waals surface area contributed by atoms with Gasteiger partial charge in [0.25, 0.3) is 0 Å². The Balaban J connectivity index is 4.17. The molecule has 0 aliphatic rings. The van der Waals surface area contributed by atoms with E-state index < -0.39 is 10.8 Å². The molecule has 4 N–H and O–H groups in total. The Morgan fingerprint density at radius 1 is 1.53 bits per heavy atom. The van der Waals surface area contributed by atoms with Gasteiger partial charge in [0, 0.05) is 36.0 Å². The van der Waals surface area contributed by atoms with Gasteiger partial charge in [-0.05, 0) is 20.3 Å². The first-order valence-electron chi connectivity index (χ1n) is 5.59. The standard InChI is InChI=1S/C10H24N4O2S/c1-8(5-6-17(4)15)12-10(14-11)13-9(2)7-16-3/h8-9H,5-7,11H2,1-4H3,(H2,12,13,14). The normalized spacial score (nSPS) is 17.4. The molecular weight excluding hydrogens is 240 g/mol. The second-order valence-corrected chi connectivity index (χ2v) is 5.59. The van der Waals surface area contributed by atoms with Crippen LogP contribution in [0, 0.1) is 0 Å². The van der Waals surface area contributed by atoms with Crippen LogP contribution in [0.4, 0.5) is 0 Å². The van der Waals surface area contributed by atoms with Crippen LogP contribution >= 0.6 is 0 Å². The molecule has 102 valence electrons. The zero-order valence-electron chi connectivity index (χ0n) is 11.0. The number of ether oxygens (including phenoxy) is 1. The van der Waals surface area contributed by atoms with Crippen LogP contribution in [-0.2, 0) is 15.5 Å². The summed E-state index contributed by atoms with van der Waals surface area (Å²) >= 11 is 0. The van der Waals surface area contributed by atoms with Crippen molar-refractivity contribution in [3.8, 4) is 0 Å². The van der Waals surface area contributed by atoms with Gasteiger partial charge in [0.2, 0.25) is 5.96 Å². The van der Waals surface area contributed by atoms with Crippen molar-refractivity contribution in [3.63, 3.8) is 0 Å². The Labute approximate surface area is 106 Å². The topological polar surface area (TPSA) is 88.7 Å². The number of hydrogen-bond donors (Lipinski definition) is 3. The molecule has 0 aliphatic carbocycles. The Kier molecular flexibility index (Phi) is 9.01. The van der Waals surface area contributed by atoms with E-state index in [2.05, 4.69) is 15.7 Å². The van der Waals surface area contributed by atoms with Crippen molar-refractivity contribution in [2.24, 2.45) is 10.8 Å². The van der Waals surface area contributed by atoms with E-state index in [1.807, 2.05) is 13.8 Å². The van der Waals surface area contributed by atoms with E-state index >= 15 is 0 Å². The van der Waals surface area contributed by atoms with Crippen LogP contribution in [0.3, 0.4) is 0 Å². The van der Waals surface area contributed by atoms with Crippen molar-refractivity contribution in [1.29, 1.82) is 0 Å². The van der Waals surface area contributed by atoms with Gasteiger partial charge < -0.3 is 10.1 Å². The lowest BCUT2D eigenvalue weighted by molar-refractivity contribution is 0.179. The van der Waals surface area contributed by atoms with E-state index in [0.717, 1.165) is 6.42 Å². The van der Waals surface area contributed by atoms with Crippen molar-refractivity contribution < 1.29 is 8.95 Å². The zero-order chi connectivity index (χ0) is 13.3. The van der Waals surface area contributed by atoms with Crippen LogP contribution in [0.25, 0.3) is 0 Å². The van der Waals surface area contributed by atoms with Crippen LogP contribution < -0.4 is 16.6 Å². The molecule has 0 saturated carbocycles. The molecule has 0 aromatic rings. The molecule has 0 spiro atoms. The molecule has 3 unspecified atom stereocenters. The molecule has 0 fully saturated rings. The minimum Gasteiger partial charge on any atom is -0.383 e. The number of hydrogen-bond acceptors (Lipinski definition) is 4. The number of hydrazine groups is 1. The van der Waals surface area contributed by atoms with Crippen molar-refractivity contribution in [2.45, 2.75) is 32.4 Å². The average molecular weight is 264 g/mol. The van der Waals surface area contributed by atoms with Gasteiger partial charge in [-0.1, -0.05) is 0 Å². The Morgan fingerprint density at radius 3 is 2.65 bits per heavy atom. The van der Waals surface area contributed by atoms with E-state index in [-0.39, 0.29) is 12.1 Å². The quantitative estimate of drug-likeness (QED) is 0.252. The van der Waals surface area contributed by atoms with Gasteiger partial charge in [-0.25, -0.2) is 10.8 Å². The van der Waals surface area contributed by atoms with Crippen LogP contribution in [0.2, 0.25) is 0 Å². The molecule has 0 bridgehead atoms. The summed E-state index contributed by atoms with van der Waals surface area (Å²) in [6.45, 7) is 4.52. The summed E-state index contributed by atoms with van der Waals surface area (Å²) in [5.74, 6) is 6.56. The smallest absolute Gasteiger partial charge is 0.206 e. The summed E-state index contributed by atoms with van der Waals surface area (Å²) in [5.41, 5.74) is 2.52. The van der Waals surface area contributed by atoms with Crippen LogP contribution in [0.15, 0.2) is 4.99 Å². The Hall–Kier alpha value is -0.660. The predicted molar refractivity (Wildman–Crippen MR) is 72.2 cm³/mol. The number of methoxy groups -OCH3 is 1. The summed E-state index contributed by atoms with van der Waals surface area (Å²) in [6.07, 6.45) is 2.46. The maximum Gasteiger partial charge on any atom is 0.206 e. The molecule has 17 heavy (non-hydrogen) atoms.